The van der Waals surface area contributed by atoms with E-state index in [1.54, 1.807) is 0 Å². The third-order valence-electron chi connectivity index (χ3n) is 5.55. The molecule has 0 saturated carbocycles. The molecule has 1 aromatic rings. The van der Waals surface area contributed by atoms with Crippen LogP contribution in [0, 0.1) is 0 Å². The number of likely N-dealkylation sites (tertiary alicyclic amines) is 1. The number of piperazine rings is 1. The average Bonchev–Trinajstić information content (AvgIpc) is 2.57. The molecule has 2 atom stereocenters. The standard InChI is InChI=1S/C20H31N3O/c1-17-7-6-8-18(2)23(17)20(24)16-22-13-11-21(12-14-22)15-19-9-4-3-5-10-19/h3-5,9-10,17-18H,6-8,11-16H2,1-2H3. The quantitative estimate of drug-likeness (QED) is 0.849. The van der Waals surface area contributed by atoms with Crippen LogP contribution in [-0.4, -0.2) is 65.4 Å². The molecule has 2 saturated heterocycles. The zero-order chi connectivity index (χ0) is 16.9. The highest BCUT2D eigenvalue weighted by atomic mass is 16.2. The van der Waals surface area contributed by atoms with Crippen molar-refractivity contribution in [1.82, 2.24) is 14.7 Å². The molecule has 0 aliphatic carbocycles. The second-order valence-electron chi connectivity index (χ2n) is 7.47. The molecule has 2 fully saturated rings. The van der Waals surface area contributed by atoms with Gasteiger partial charge in [-0.1, -0.05) is 30.3 Å². The third kappa shape index (κ3) is 4.37. The van der Waals surface area contributed by atoms with E-state index in [1.165, 1.54) is 12.0 Å². The first-order chi connectivity index (χ1) is 11.6. The van der Waals surface area contributed by atoms with E-state index in [2.05, 4.69) is 58.9 Å². The van der Waals surface area contributed by atoms with Crippen LogP contribution in [0.25, 0.3) is 0 Å². The van der Waals surface area contributed by atoms with Gasteiger partial charge in [-0.3, -0.25) is 14.6 Å². The average molecular weight is 329 g/mol. The summed E-state index contributed by atoms with van der Waals surface area (Å²) in [5, 5.41) is 0. The Morgan fingerprint density at radius 1 is 0.958 bits per heavy atom. The van der Waals surface area contributed by atoms with E-state index in [9.17, 15) is 4.79 Å². The molecule has 2 aliphatic heterocycles. The fourth-order valence-electron chi connectivity index (χ4n) is 4.13. The maximum absolute atomic E-state index is 12.7. The van der Waals surface area contributed by atoms with Crippen molar-refractivity contribution in [3.8, 4) is 0 Å². The van der Waals surface area contributed by atoms with Crippen LogP contribution in [0.2, 0.25) is 0 Å². The Bertz CT molecular complexity index is 515. The summed E-state index contributed by atoms with van der Waals surface area (Å²) in [7, 11) is 0. The Labute approximate surface area is 146 Å². The molecule has 2 unspecified atom stereocenters. The fourth-order valence-corrected chi connectivity index (χ4v) is 4.13. The van der Waals surface area contributed by atoms with Crippen molar-refractivity contribution in [3.05, 3.63) is 35.9 Å². The number of piperidine rings is 1. The zero-order valence-corrected chi connectivity index (χ0v) is 15.2. The van der Waals surface area contributed by atoms with Crippen molar-refractivity contribution >= 4 is 5.91 Å². The van der Waals surface area contributed by atoms with E-state index in [0.29, 0.717) is 24.5 Å². The fraction of sp³-hybridized carbons (Fsp3) is 0.650. The Morgan fingerprint density at radius 2 is 1.54 bits per heavy atom. The number of hydrogen-bond acceptors (Lipinski definition) is 3. The van der Waals surface area contributed by atoms with Crippen molar-refractivity contribution in [3.63, 3.8) is 0 Å². The van der Waals surface area contributed by atoms with Crippen LogP contribution in [0.1, 0.15) is 38.7 Å². The summed E-state index contributed by atoms with van der Waals surface area (Å²) >= 11 is 0. The minimum Gasteiger partial charge on any atom is -0.336 e. The molecular weight excluding hydrogens is 298 g/mol. The minimum absolute atomic E-state index is 0.325. The lowest BCUT2D eigenvalue weighted by atomic mass is 9.97. The van der Waals surface area contributed by atoms with Crippen LogP contribution in [0.5, 0.6) is 0 Å². The van der Waals surface area contributed by atoms with Gasteiger partial charge in [0.25, 0.3) is 0 Å². The number of nitrogens with zero attached hydrogens (tertiary/aromatic N) is 3. The smallest absolute Gasteiger partial charge is 0.237 e. The molecule has 1 amide bonds. The lowest BCUT2D eigenvalue weighted by Crippen LogP contribution is -2.54. The summed E-state index contributed by atoms with van der Waals surface area (Å²) in [5.41, 5.74) is 1.37. The van der Waals surface area contributed by atoms with Crippen LogP contribution in [-0.2, 0) is 11.3 Å². The van der Waals surface area contributed by atoms with Crippen LogP contribution in [0.4, 0.5) is 0 Å². The Morgan fingerprint density at radius 3 is 2.17 bits per heavy atom. The molecule has 3 rings (SSSR count). The van der Waals surface area contributed by atoms with Gasteiger partial charge >= 0.3 is 0 Å². The second kappa shape index (κ2) is 8.13. The lowest BCUT2D eigenvalue weighted by Gasteiger charge is -2.41. The monoisotopic (exact) mass is 329 g/mol. The highest BCUT2D eigenvalue weighted by Crippen LogP contribution is 2.22. The normalized spacial score (nSPS) is 26.5. The van der Waals surface area contributed by atoms with Crippen LogP contribution in [0.15, 0.2) is 30.3 Å². The van der Waals surface area contributed by atoms with Gasteiger partial charge in [0.1, 0.15) is 0 Å². The molecule has 132 valence electrons. The van der Waals surface area contributed by atoms with E-state index in [4.69, 9.17) is 0 Å². The molecule has 0 bridgehead atoms. The van der Waals surface area contributed by atoms with Gasteiger partial charge in [-0.2, -0.15) is 0 Å². The van der Waals surface area contributed by atoms with Crippen molar-refractivity contribution in [2.75, 3.05) is 32.7 Å². The van der Waals surface area contributed by atoms with Gasteiger partial charge in [-0.25, -0.2) is 0 Å². The molecule has 2 heterocycles. The number of carbonyl (C=O) groups excluding carboxylic acids is 1. The summed E-state index contributed by atoms with van der Waals surface area (Å²) in [6, 6.07) is 11.5. The van der Waals surface area contributed by atoms with Crippen molar-refractivity contribution in [2.24, 2.45) is 0 Å². The molecule has 0 N–H and O–H groups in total. The Hall–Kier alpha value is -1.39. The Balaban J connectivity index is 1.46. The summed E-state index contributed by atoms with van der Waals surface area (Å²) in [5.74, 6) is 0.325. The summed E-state index contributed by atoms with van der Waals surface area (Å²) in [6.45, 7) is 10.1. The van der Waals surface area contributed by atoms with Gasteiger partial charge in [0.05, 0.1) is 6.54 Å². The SMILES string of the molecule is CC1CCCC(C)N1C(=O)CN1CCN(Cc2ccccc2)CC1. The van der Waals surface area contributed by atoms with Crippen molar-refractivity contribution in [2.45, 2.75) is 51.7 Å². The first-order valence-electron chi connectivity index (χ1n) is 9.43. The Kier molecular flexibility index (Phi) is 5.90. The first-order valence-corrected chi connectivity index (χ1v) is 9.43. The topological polar surface area (TPSA) is 26.8 Å². The second-order valence-corrected chi connectivity index (χ2v) is 7.47. The maximum atomic E-state index is 12.7. The molecule has 0 aromatic heterocycles. The van der Waals surface area contributed by atoms with E-state index in [1.807, 2.05) is 0 Å². The molecule has 4 heteroatoms. The van der Waals surface area contributed by atoms with Crippen molar-refractivity contribution in [1.29, 1.82) is 0 Å². The molecular formula is C20H31N3O. The molecule has 2 aliphatic rings. The molecule has 0 radical (unpaired) electrons. The molecule has 1 aromatic carbocycles. The van der Waals surface area contributed by atoms with Gasteiger partial charge < -0.3 is 4.90 Å². The van der Waals surface area contributed by atoms with E-state index >= 15 is 0 Å². The van der Waals surface area contributed by atoms with Crippen LogP contribution >= 0.6 is 0 Å². The molecule has 4 nitrogen and oxygen atoms in total. The van der Waals surface area contributed by atoms with Gasteiger partial charge in [-0.15, -0.1) is 0 Å². The number of carbonyl (C=O) groups is 1. The van der Waals surface area contributed by atoms with Gasteiger partial charge in [-0.05, 0) is 38.7 Å². The number of hydrogen-bond donors (Lipinski definition) is 0. The largest absolute Gasteiger partial charge is 0.336 e. The molecule has 0 spiro atoms. The third-order valence-corrected chi connectivity index (χ3v) is 5.55. The van der Waals surface area contributed by atoms with E-state index < -0.39 is 0 Å². The summed E-state index contributed by atoms with van der Waals surface area (Å²) in [6.07, 6.45) is 3.56. The van der Waals surface area contributed by atoms with Crippen LogP contribution < -0.4 is 0 Å². The highest BCUT2D eigenvalue weighted by molar-refractivity contribution is 5.79. The highest BCUT2D eigenvalue weighted by Gasteiger charge is 2.30. The molecule has 24 heavy (non-hydrogen) atoms. The van der Waals surface area contributed by atoms with E-state index in [0.717, 1.165) is 45.6 Å². The summed E-state index contributed by atoms with van der Waals surface area (Å²) < 4.78 is 0. The zero-order valence-electron chi connectivity index (χ0n) is 15.2. The van der Waals surface area contributed by atoms with Crippen molar-refractivity contribution < 1.29 is 4.79 Å². The number of amides is 1. The lowest BCUT2D eigenvalue weighted by molar-refractivity contribution is -0.139. The van der Waals surface area contributed by atoms with Crippen LogP contribution in [0.3, 0.4) is 0 Å². The number of rotatable bonds is 4. The maximum Gasteiger partial charge on any atom is 0.237 e. The first kappa shape index (κ1) is 17.4. The summed E-state index contributed by atoms with van der Waals surface area (Å²) in [4.78, 5) is 19.7. The van der Waals surface area contributed by atoms with Gasteiger partial charge in [0.15, 0.2) is 0 Å². The number of benzene rings is 1. The predicted molar refractivity (Wildman–Crippen MR) is 97.8 cm³/mol. The van der Waals surface area contributed by atoms with E-state index in [-0.39, 0.29) is 0 Å². The van der Waals surface area contributed by atoms with Gasteiger partial charge in [0.2, 0.25) is 5.91 Å². The minimum atomic E-state index is 0.325. The predicted octanol–water partition coefficient (Wildman–Crippen LogP) is 2.59. The van der Waals surface area contributed by atoms with Gasteiger partial charge in [0, 0.05) is 44.8 Å².